The third-order valence-electron chi connectivity index (χ3n) is 2.04. The number of hydrogen-bond donors (Lipinski definition) is 0. The van der Waals surface area contributed by atoms with Crippen LogP contribution in [0.5, 0.6) is 0 Å². The summed E-state index contributed by atoms with van der Waals surface area (Å²) in [6.07, 6.45) is 1.55. The first-order chi connectivity index (χ1) is 6.91. The molecule has 0 atom stereocenters. The van der Waals surface area contributed by atoms with Crippen LogP contribution < -0.4 is 0 Å². The minimum absolute atomic E-state index is 0.143. The zero-order valence-electron chi connectivity index (χ0n) is 9.37. The Morgan fingerprint density at radius 3 is 2.60 bits per heavy atom. The van der Waals surface area contributed by atoms with E-state index in [9.17, 15) is 4.79 Å². The van der Waals surface area contributed by atoms with Gasteiger partial charge in [0.05, 0.1) is 24.5 Å². The smallest absolute Gasteiger partial charge is 0.341 e. The lowest BCUT2D eigenvalue weighted by Crippen LogP contribution is -2.25. The average molecular weight is 275 g/mol. The summed E-state index contributed by atoms with van der Waals surface area (Å²) >= 11 is 3.36. The molecule has 5 heteroatoms. The largest absolute Gasteiger partial charge is 0.465 e. The highest BCUT2D eigenvalue weighted by Gasteiger charge is 2.23. The van der Waals surface area contributed by atoms with Crippen molar-refractivity contribution in [2.24, 2.45) is 0 Å². The van der Waals surface area contributed by atoms with Gasteiger partial charge < -0.3 is 4.74 Å². The van der Waals surface area contributed by atoms with Crippen molar-refractivity contribution in [1.82, 2.24) is 9.78 Å². The maximum absolute atomic E-state index is 11.4. The van der Waals surface area contributed by atoms with Crippen LogP contribution in [0.3, 0.4) is 0 Å². The molecule has 0 saturated heterocycles. The van der Waals surface area contributed by atoms with E-state index < -0.39 is 0 Å². The van der Waals surface area contributed by atoms with Crippen LogP contribution in [0.15, 0.2) is 6.20 Å². The van der Waals surface area contributed by atoms with Crippen molar-refractivity contribution in [3.8, 4) is 0 Å². The van der Waals surface area contributed by atoms with E-state index in [1.165, 1.54) is 7.11 Å². The van der Waals surface area contributed by atoms with E-state index in [1.807, 2.05) is 25.5 Å². The van der Waals surface area contributed by atoms with Crippen LogP contribution in [-0.4, -0.2) is 22.9 Å². The van der Waals surface area contributed by atoms with Gasteiger partial charge in [-0.25, -0.2) is 4.79 Å². The zero-order chi connectivity index (χ0) is 11.6. The fourth-order valence-electron chi connectivity index (χ4n) is 1.36. The van der Waals surface area contributed by atoms with Gasteiger partial charge in [-0.3, -0.25) is 4.68 Å². The molecular formula is C10H15BrN2O2. The molecule has 1 rings (SSSR count). The Morgan fingerprint density at radius 2 is 2.20 bits per heavy atom. The maximum atomic E-state index is 11.4. The summed E-state index contributed by atoms with van der Waals surface area (Å²) in [5, 5.41) is 4.79. The van der Waals surface area contributed by atoms with Gasteiger partial charge in [0.1, 0.15) is 5.56 Å². The summed E-state index contributed by atoms with van der Waals surface area (Å²) < 4.78 is 6.52. The number of carbonyl (C=O) groups is 1. The maximum Gasteiger partial charge on any atom is 0.341 e. The van der Waals surface area contributed by atoms with Gasteiger partial charge in [0, 0.05) is 5.33 Å². The third-order valence-corrected chi connectivity index (χ3v) is 2.57. The molecule has 0 aliphatic rings. The van der Waals surface area contributed by atoms with E-state index in [2.05, 4.69) is 21.0 Å². The van der Waals surface area contributed by atoms with Crippen molar-refractivity contribution < 1.29 is 9.53 Å². The molecule has 0 amide bonds. The van der Waals surface area contributed by atoms with E-state index in [-0.39, 0.29) is 11.5 Å². The Hall–Kier alpha value is -0.840. The second-order valence-electron chi connectivity index (χ2n) is 4.21. The molecule has 0 aliphatic carbocycles. The monoisotopic (exact) mass is 274 g/mol. The molecular weight excluding hydrogens is 260 g/mol. The minimum atomic E-state index is -0.347. The fourth-order valence-corrected chi connectivity index (χ4v) is 1.90. The van der Waals surface area contributed by atoms with Crippen LogP contribution in [-0.2, 0) is 15.6 Å². The summed E-state index contributed by atoms with van der Waals surface area (Å²) in [5.74, 6) is -0.347. The van der Waals surface area contributed by atoms with Crippen LogP contribution in [0.25, 0.3) is 0 Å². The zero-order valence-corrected chi connectivity index (χ0v) is 11.0. The molecule has 0 unspecified atom stereocenters. The van der Waals surface area contributed by atoms with Gasteiger partial charge in [-0.2, -0.15) is 5.10 Å². The first-order valence-electron chi connectivity index (χ1n) is 4.63. The number of esters is 1. The third kappa shape index (κ3) is 2.40. The number of alkyl halides is 1. The SMILES string of the molecule is COC(=O)c1cnn(C(C)(C)C)c1CBr. The number of hydrogen-bond acceptors (Lipinski definition) is 3. The standard InChI is InChI=1S/C10H15BrN2O2/c1-10(2,3)13-8(5-11)7(6-12-13)9(14)15-4/h6H,5H2,1-4H3. The summed E-state index contributed by atoms with van der Waals surface area (Å²) in [6.45, 7) is 6.10. The van der Waals surface area contributed by atoms with E-state index in [0.717, 1.165) is 5.69 Å². The molecule has 1 heterocycles. The normalized spacial score (nSPS) is 11.5. The Kier molecular flexibility index (Phi) is 3.54. The minimum Gasteiger partial charge on any atom is -0.465 e. The molecule has 4 nitrogen and oxygen atoms in total. The predicted octanol–water partition coefficient (Wildman–Crippen LogP) is 2.32. The van der Waals surface area contributed by atoms with Gasteiger partial charge >= 0.3 is 5.97 Å². The molecule has 0 spiro atoms. The average Bonchev–Trinajstić information content (AvgIpc) is 2.59. The second-order valence-corrected chi connectivity index (χ2v) is 4.77. The van der Waals surface area contributed by atoms with Gasteiger partial charge in [-0.15, -0.1) is 0 Å². The first-order valence-corrected chi connectivity index (χ1v) is 5.75. The molecule has 15 heavy (non-hydrogen) atoms. The van der Waals surface area contributed by atoms with E-state index >= 15 is 0 Å². The predicted molar refractivity (Wildman–Crippen MR) is 61.2 cm³/mol. The van der Waals surface area contributed by atoms with E-state index in [0.29, 0.717) is 10.9 Å². The quantitative estimate of drug-likeness (QED) is 0.614. The van der Waals surface area contributed by atoms with Crippen LogP contribution in [0.1, 0.15) is 36.8 Å². The second kappa shape index (κ2) is 4.35. The van der Waals surface area contributed by atoms with E-state index in [4.69, 9.17) is 4.74 Å². The fraction of sp³-hybridized carbons (Fsp3) is 0.600. The molecule has 1 aromatic rings. The number of ether oxygens (including phenoxy) is 1. The van der Waals surface area contributed by atoms with Crippen molar-refractivity contribution in [2.45, 2.75) is 31.6 Å². The molecule has 0 fully saturated rings. The van der Waals surface area contributed by atoms with Gasteiger partial charge in [-0.05, 0) is 20.8 Å². The lowest BCUT2D eigenvalue weighted by Gasteiger charge is -2.22. The lowest BCUT2D eigenvalue weighted by atomic mass is 10.1. The number of nitrogens with zero attached hydrogens (tertiary/aromatic N) is 2. The van der Waals surface area contributed by atoms with Gasteiger partial charge in [-0.1, -0.05) is 15.9 Å². The summed E-state index contributed by atoms with van der Waals surface area (Å²) in [5.41, 5.74) is 1.22. The number of aromatic nitrogens is 2. The van der Waals surface area contributed by atoms with Crippen LogP contribution in [0, 0.1) is 0 Å². The summed E-state index contributed by atoms with van der Waals surface area (Å²) in [6, 6.07) is 0. The number of methoxy groups -OCH3 is 1. The molecule has 0 saturated carbocycles. The first kappa shape index (κ1) is 12.2. The molecule has 0 N–H and O–H groups in total. The van der Waals surface area contributed by atoms with Gasteiger partial charge in [0.15, 0.2) is 0 Å². The summed E-state index contributed by atoms with van der Waals surface area (Å²) in [4.78, 5) is 11.4. The Balaban J connectivity index is 3.23. The van der Waals surface area contributed by atoms with Crippen molar-refractivity contribution in [2.75, 3.05) is 7.11 Å². The Morgan fingerprint density at radius 1 is 1.60 bits per heavy atom. The van der Waals surface area contributed by atoms with Crippen molar-refractivity contribution in [3.05, 3.63) is 17.5 Å². The van der Waals surface area contributed by atoms with Crippen LogP contribution in [0.2, 0.25) is 0 Å². The molecule has 0 radical (unpaired) electrons. The van der Waals surface area contributed by atoms with Crippen molar-refractivity contribution in [1.29, 1.82) is 0 Å². The van der Waals surface area contributed by atoms with Crippen molar-refractivity contribution in [3.63, 3.8) is 0 Å². The molecule has 0 bridgehead atoms. The number of rotatable bonds is 2. The van der Waals surface area contributed by atoms with Gasteiger partial charge in [0.25, 0.3) is 0 Å². The summed E-state index contributed by atoms with van der Waals surface area (Å²) in [7, 11) is 1.37. The Bertz CT molecular complexity index is 366. The highest BCUT2D eigenvalue weighted by molar-refractivity contribution is 9.08. The number of halogens is 1. The van der Waals surface area contributed by atoms with Gasteiger partial charge in [0.2, 0.25) is 0 Å². The Labute approximate surface area is 97.7 Å². The highest BCUT2D eigenvalue weighted by Crippen LogP contribution is 2.21. The lowest BCUT2D eigenvalue weighted by molar-refractivity contribution is 0.0599. The molecule has 0 aliphatic heterocycles. The van der Waals surface area contributed by atoms with Crippen molar-refractivity contribution >= 4 is 21.9 Å². The molecule has 1 aromatic heterocycles. The topological polar surface area (TPSA) is 44.1 Å². The molecule has 0 aromatic carbocycles. The van der Waals surface area contributed by atoms with E-state index in [1.54, 1.807) is 6.20 Å². The molecule has 84 valence electrons. The highest BCUT2D eigenvalue weighted by atomic mass is 79.9. The number of carbonyl (C=O) groups excluding carboxylic acids is 1. The van der Waals surface area contributed by atoms with Crippen LogP contribution >= 0.6 is 15.9 Å². The van der Waals surface area contributed by atoms with Crippen LogP contribution in [0.4, 0.5) is 0 Å².